The lowest BCUT2D eigenvalue weighted by molar-refractivity contribution is 0.605. The topological polar surface area (TPSA) is 45.4 Å². The van der Waals surface area contributed by atoms with Crippen molar-refractivity contribution in [2.45, 2.75) is 6.54 Å². The summed E-state index contributed by atoms with van der Waals surface area (Å²) < 4.78 is 13.8. The molecular formula is C14H17FN4S. The first kappa shape index (κ1) is 13.3. The molecule has 6 heteroatoms. The average molecular weight is 292 g/mol. The summed E-state index contributed by atoms with van der Waals surface area (Å²) in [5.41, 5.74) is 6.98. The van der Waals surface area contributed by atoms with E-state index in [0.717, 1.165) is 37.0 Å². The Morgan fingerprint density at radius 1 is 1.20 bits per heavy atom. The average Bonchev–Trinajstić information content (AvgIpc) is 3.01. The summed E-state index contributed by atoms with van der Waals surface area (Å²) in [4.78, 5) is 8.80. The first-order valence-electron chi connectivity index (χ1n) is 6.66. The highest BCUT2D eigenvalue weighted by Crippen LogP contribution is 2.23. The highest BCUT2D eigenvalue weighted by Gasteiger charge is 2.19. The Morgan fingerprint density at radius 2 is 1.95 bits per heavy atom. The van der Waals surface area contributed by atoms with Gasteiger partial charge in [0.15, 0.2) is 5.13 Å². The van der Waals surface area contributed by atoms with Gasteiger partial charge in [-0.15, -0.1) is 11.3 Å². The van der Waals surface area contributed by atoms with Gasteiger partial charge in [0.25, 0.3) is 0 Å². The number of hydrogen-bond acceptors (Lipinski definition) is 5. The van der Waals surface area contributed by atoms with Crippen LogP contribution in [0.25, 0.3) is 0 Å². The Balaban J connectivity index is 1.67. The molecular weight excluding hydrogens is 275 g/mol. The van der Waals surface area contributed by atoms with Crippen LogP contribution < -0.4 is 15.5 Å². The fourth-order valence-corrected chi connectivity index (χ4v) is 3.12. The smallest absolute Gasteiger partial charge is 0.185 e. The number of anilines is 2. The molecule has 0 bridgehead atoms. The largest absolute Gasteiger partial charge is 0.368 e. The van der Waals surface area contributed by atoms with Gasteiger partial charge < -0.3 is 15.5 Å². The lowest BCUT2D eigenvalue weighted by atomic mass is 10.1. The molecule has 0 spiro atoms. The monoisotopic (exact) mass is 292 g/mol. The molecule has 0 radical (unpaired) electrons. The molecule has 1 fully saturated rings. The molecule has 0 unspecified atom stereocenters. The van der Waals surface area contributed by atoms with Crippen LogP contribution in [0.4, 0.5) is 15.2 Å². The molecule has 3 rings (SSSR count). The van der Waals surface area contributed by atoms with Gasteiger partial charge in [-0.2, -0.15) is 0 Å². The van der Waals surface area contributed by atoms with Crippen LogP contribution >= 0.6 is 11.3 Å². The lowest BCUT2D eigenvalue weighted by Crippen LogP contribution is -2.46. The zero-order chi connectivity index (χ0) is 13.9. The van der Waals surface area contributed by atoms with E-state index >= 15 is 0 Å². The molecule has 4 nitrogen and oxygen atoms in total. The van der Waals surface area contributed by atoms with Crippen molar-refractivity contribution in [3.8, 4) is 0 Å². The number of halogens is 1. The maximum atomic E-state index is 13.8. The number of aromatic nitrogens is 1. The van der Waals surface area contributed by atoms with Crippen molar-refractivity contribution in [1.82, 2.24) is 4.98 Å². The molecule has 0 aliphatic carbocycles. The van der Waals surface area contributed by atoms with E-state index in [9.17, 15) is 4.39 Å². The van der Waals surface area contributed by atoms with Crippen LogP contribution in [0.3, 0.4) is 0 Å². The van der Waals surface area contributed by atoms with Crippen molar-refractivity contribution in [3.05, 3.63) is 41.2 Å². The Bertz CT molecular complexity index is 565. The normalized spacial score (nSPS) is 15.7. The second-order valence-corrected chi connectivity index (χ2v) is 5.64. The van der Waals surface area contributed by atoms with Crippen molar-refractivity contribution < 1.29 is 4.39 Å². The van der Waals surface area contributed by atoms with Gasteiger partial charge >= 0.3 is 0 Å². The predicted molar refractivity (Wildman–Crippen MR) is 80.8 cm³/mol. The molecule has 1 aliphatic heterocycles. The van der Waals surface area contributed by atoms with Gasteiger partial charge in [-0.3, -0.25) is 0 Å². The Hall–Kier alpha value is -1.66. The second-order valence-electron chi connectivity index (χ2n) is 4.77. The molecule has 0 atom stereocenters. The van der Waals surface area contributed by atoms with E-state index in [1.165, 1.54) is 0 Å². The van der Waals surface area contributed by atoms with Gasteiger partial charge in [-0.1, -0.05) is 6.07 Å². The fraction of sp³-hybridized carbons (Fsp3) is 0.357. The molecule has 1 aliphatic rings. The molecule has 1 aromatic heterocycles. The standard InChI is InChI=1S/C14H17FN4S/c15-13-9-12(2-1-11(13)10-16)18-4-6-19(7-5-18)14-17-3-8-20-14/h1-3,8-9H,4-7,10,16H2. The van der Waals surface area contributed by atoms with Crippen LogP contribution in [0.5, 0.6) is 0 Å². The molecule has 20 heavy (non-hydrogen) atoms. The summed E-state index contributed by atoms with van der Waals surface area (Å²) in [5.74, 6) is -0.215. The minimum atomic E-state index is -0.215. The summed E-state index contributed by atoms with van der Waals surface area (Å²) in [6, 6.07) is 5.31. The summed E-state index contributed by atoms with van der Waals surface area (Å²) in [6.45, 7) is 3.81. The number of nitrogens with two attached hydrogens (primary N) is 1. The van der Waals surface area contributed by atoms with Crippen LogP contribution in [0.2, 0.25) is 0 Å². The van der Waals surface area contributed by atoms with Crippen molar-refractivity contribution >= 4 is 22.2 Å². The summed E-state index contributed by atoms with van der Waals surface area (Å²) in [5, 5.41) is 3.05. The van der Waals surface area contributed by atoms with Gasteiger partial charge in [-0.05, 0) is 12.1 Å². The zero-order valence-electron chi connectivity index (χ0n) is 11.1. The Morgan fingerprint density at radius 3 is 2.55 bits per heavy atom. The highest BCUT2D eigenvalue weighted by molar-refractivity contribution is 7.13. The molecule has 0 saturated carbocycles. The van der Waals surface area contributed by atoms with Crippen molar-refractivity contribution in [2.24, 2.45) is 5.73 Å². The van der Waals surface area contributed by atoms with E-state index in [1.807, 2.05) is 17.6 Å². The minimum Gasteiger partial charge on any atom is -0.368 e. The van der Waals surface area contributed by atoms with Gasteiger partial charge in [-0.25, -0.2) is 9.37 Å². The number of piperazine rings is 1. The number of nitrogens with zero attached hydrogens (tertiary/aromatic N) is 3. The van der Waals surface area contributed by atoms with E-state index in [2.05, 4.69) is 14.8 Å². The fourth-order valence-electron chi connectivity index (χ4n) is 2.43. The third-order valence-electron chi connectivity index (χ3n) is 3.59. The maximum absolute atomic E-state index is 13.8. The lowest BCUT2D eigenvalue weighted by Gasteiger charge is -2.36. The summed E-state index contributed by atoms with van der Waals surface area (Å²) in [6.07, 6.45) is 1.83. The van der Waals surface area contributed by atoms with E-state index in [4.69, 9.17) is 5.73 Å². The third-order valence-corrected chi connectivity index (χ3v) is 4.42. The van der Waals surface area contributed by atoms with Crippen LogP contribution in [-0.2, 0) is 6.54 Å². The quantitative estimate of drug-likeness (QED) is 0.940. The number of thiazole rings is 1. The number of rotatable bonds is 3. The first-order chi connectivity index (χ1) is 9.78. The molecule has 1 saturated heterocycles. The molecule has 0 amide bonds. The van der Waals surface area contributed by atoms with E-state index < -0.39 is 0 Å². The van der Waals surface area contributed by atoms with Crippen LogP contribution in [-0.4, -0.2) is 31.2 Å². The summed E-state index contributed by atoms with van der Waals surface area (Å²) in [7, 11) is 0. The van der Waals surface area contributed by atoms with E-state index in [-0.39, 0.29) is 12.4 Å². The number of hydrogen-bond donors (Lipinski definition) is 1. The Labute approximate surface area is 121 Å². The zero-order valence-corrected chi connectivity index (χ0v) is 11.9. The SMILES string of the molecule is NCc1ccc(N2CCN(c3nccs3)CC2)cc1F. The number of benzene rings is 1. The Kier molecular flexibility index (Phi) is 3.84. The van der Waals surface area contributed by atoms with E-state index in [0.29, 0.717) is 5.56 Å². The predicted octanol–water partition coefficient (Wildman–Crippen LogP) is 2.07. The maximum Gasteiger partial charge on any atom is 0.185 e. The molecule has 106 valence electrons. The third kappa shape index (κ3) is 2.62. The van der Waals surface area contributed by atoms with Gasteiger partial charge in [0, 0.05) is 55.6 Å². The minimum absolute atomic E-state index is 0.215. The first-order valence-corrected chi connectivity index (χ1v) is 7.54. The van der Waals surface area contributed by atoms with Gasteiger partial charge in [0.05, 0.1) is 0 Å². The second kappa shape index (κ2) is 5.76. The van der Waals surface area contributed by atoms with Crippen molar-refractivity contribution in [1.29, 1.82) is 0 Å². The van der Waals surface area contributed by atoms with E-state index in [1.54, 1.807) is 23.5 Å². The van der Waals surface area contributed by atoms with Crippen LogP contribution in [0, 0.1) is 5.82 Å². The van der Waals surface area contributed by atoms with Gasteiger partial charge in [0.2, 0.25) is 0 Å². The molecule has 2 N–H and O–H groups in total. The van der Waals surface area contributed by atoms with Gasteiger partial charge in [0.1, 0.15) is 5.82 Å². The van der Waals surface area contributed by atoms with Crippen LogP contribution in [0.15, 0.2) is 29.8 Å². The summed E-state index contributed by atoms with van der Waals surface area (Å²) >= 11 is 1.66. The van der Waals surface area contributed by atoms with Crippen LogP contribution in [0.1, 0.15) is 5.56 Å². The highest BCUT2D eigenvalue weighted by atomic mass is 32.1. The molecule has 2 aromatic rings. The van der Waals surface area contributed by atoms with Crippen molar-refractivity contribution in [3.63, 3.8) is 0 Å². The molecule has 1 aromatic carbocycles. The van der Waals surface area contributed by atoms with Crippen molar-refractivity contribution in [2.75, 3.05) is 36.0 Å². The molecule has 2 heterocycles.